The standard InChI is InChI=1S/C15H17N5O2/c16-9-12-1-3-13(4-2-12)22-8-7-20-6-5-15(21,11-20)14-10-17-19-18-14/h1-4,10,21H,5-8,11H2,(H,17,18,19)/t15-/m0/s1. The number of nitrogens with one attached hydrogen (secondary N) is 1. The smallest absolute Gasteiger partial charge is 0.124 e. The van der Waals surface area contributed by atoms with Crippen molar-refractivity contribution in [3.8, 4) is 11.8 Å². The van der Waals surface area contributed by atoms with Gasteiger partial charge in [0.05, 0.1) is 17.8 Å². The minimum Gasteiger partial charge on any atom is -0.492 e. The zero-order chi connectivity index (χ0) is 15.4. The molecule has 0 bridgehead atoms. The molecule has 0 saturated carbocycles. The number of aromatic amines is 1. The molecule has 1 saturated heterocycles. The first-order chi connectivity index (χ1) is 10.7. The highest BCUT2D eigenvalue weighted by Crippen LogP contribution is 2.29. The van der Waals surface area contributed by atoms with Gasteiger partial charge in [0.1, 0.15) is 23.7 Å². The van der Waals surface area contributed by atoms with Gasteiger partial charge in [-0.1, -0.05) is 0 Å². The van der Waals surface area contributed by atoms with Gasteiger partial charge in [-0.2, -0.15) is 20.7 Å². The lowest BCUT2D eigenvalue weighted by atomic mass is 10.0. The lowest BCUT2D eigenvalue weighted by molar-refractivity contribution is 0.0403. The van der Waals surface area contributed by atoms with Crippen molar-refractivity contribution in [2.45, 2.75) is 12.0 Å². The number of rotatable bonds is 5. The topological polar surface area (TPSA) is 98.1 Å². The summed E-state index contributed by atoms with van der Waals surface area (Å²) in [5, 5.41) is 29.6. The molecule has 0 unspecified atom stereocenters. The third-order valence-corrected chi connectivity index (χ3v) is 3.88. The maximum atomic E-state index is 10.6. The van der Waals surface area contributed by atoms with Crippen molar-refractivity contribution in [1.82, 2.24) is 20.3 Å². The Morgan fingerprint density at radius 3 is 2.91 bits per heavy atom. The van der Waals surface area contributed by atoms with E-state index in [4.69, 9.17) is 10.00 Å². The van der Waals surface area contributed by atoms with Gasteiger partial charge in [0, 0.05) is 19.6 Å². The molecule has 0 amide bonds. The summed E-state index contributed by atoms with van der Waals surface area (Å²) in [6, 6.07) is 9.11. The molecule has 22 heavy (non-hydrogen) atoms. The van der Waals surface area contributed by atoms with Gasteiger partial charge in [-0.25, -0.2) is 0 Å². The molecular weight excluding hydrogens is 282 g/mol. The van der Waals surface area contributed by atoms with Gasteiger partial charge in [-0.05, 0) is 30.7 Å². The molecule has 1 aliphatic heterocycles. The molecule has 1 aromatic carbocycles. The van der Waals surface area contributed by atoms with Crippen LogP contribution in [0, 0.1) is 11.3 Å². The average Bonchev–Trinajstić information content (AvgIpc) is 3.19. The largest absolute Gasteiger partial charge is 0.492 e. The maximum absolute atomic E-state index is 10.6. The average molecular weight is 299 g/mol. The van der Waals surface area contributed by atoms with Crippen LogP contribution in [0.3, 0.4) is 0 Å². The Balaban J connectivity index is 1.48. The number of H-pyrrole nitrogens is 1. The Morgan fingerprint density at radius 1 is 1.41 bits per heavy atom. The quantitative estimate of drug-likeness (QED) is 0.841. The molecule has 0 spiro atoms. The Bertz CT molecular complexity index is 650. The first kappa shape index (κ1) is 14.5. The number of β-amino-alcohol motifs (C(OH)–C–C–N with tert-alkyl or cyclic N) is 1. The third-order valence-electron chi connectivity index (χ3n) is 3.88. The maximum Gasteiger partial charge on any atom is 0.124 e. The van der Waals surface area contributed by atoms with Gasteiger partial charge >= 0.3 is 0 Å². The van der Waals surface area contributed by atoms with E-state index < -0.39 is 5.60 Å². The Kier molecular flexibility index (Phi) is 4.04. The summed E-state index contributed by atoms with van der Waals surface area (Å²) in [5.41, 5.74) is 0.272. The van der Waals surface area contributed by atoms with Gasteiger partial charge in [0.25, 0.3) is 0 Å². The van der Waals surface area contributed by atoms with Crippen molar-refractivity contribution >= 4 is 0 Å². The van der Waals surface area contributed by atoms with E-state index >= 15 is 0 Å². The number of nitriles is 1. The van der Waals surface area contributed by atoms with Crippen LogP contribution in [0.5, 0.6) is 5.75 Å². The molecule has 0 aliphatic carbocycles. The van der Waals surface area contributed by atoms with Crippen molar-refractivity contribution in [3.05, 3.63) is 41.7 Å². The predicted molar refractivity (Wildman–Crippen MR) is 78.0 cm³/mol. The van der Waals surface area contributed by atoms with E-state index in [9.17, 15) is 5.11 Å². The second-order valence-electron chi connectivity index (χ2n) is 5.40. The second-order valence-corrected chi connectivity index (χ2v) is 5.40. The molecule has 2 heterocycles. The van der Waals surface area contributed by atoms with E-state index in [1.54, 1.807) is 30.5 Å². The third kappa shape index (κ3) is 3.08. The SMILES string of the molecule is N#Cc1ccc(OCCN2CC[C@@](O)(c3cn[nH]n3)C2)cc1. The van der Waals surface area contributed by atoms with Crippen LogP contribution in [0.2, 0.25) is 0 Å². The number of benzene rings is 1. The van der Waals surface area contributed by atoms with Crippen LogP contribution in [0.1, 0.15) is 17.7 Å². The van der Waals surface area contributed by atoms with Gasteiger partial charge < -0.3 is 9.84 Å². The van der Waals surface area contributed by atoms with Crippen LogP contribution in [0.4, 0.5) is 0 Å². The summed E-state index contributed by atoms with van der Waals surface area (Å²) in [4.78, 5) is 2.14. The van der Waals surface area contributed by atoms with E-state index in [1.807, 2.05) is 0 Å². The van der Waals surface area contributed by atoms with Crippen molar-refractivity contribution < 1.29 is 9.84 Å². The van der Waals surface area contributed by atoms with Crippen molar-refractivity contribution in [2.24, 2.45) is 0 Å². The molecule has 1 aromatic heterocycles. The van der Waals surface area contributed by atoms with Crippen molar-refractivity contribution in [2.75, 3.05) is 26.2 Å². The van der Waals surface area contributed by atoms with Crippen LogP contribution >= 0.6 is 0 Å². The molecule has 3 rings (SSSR count). The van der Waals surface area contributed by atoms with Crippen LogP contribution in [-0.2, 0) is 5.60 Å². The van der Waals surface area contributed by atoms with Crippen LogP contribution in [0.15, 0.2) is 30.5 Å². The fraction of sp³-hybridized carbons (Fsp3) is 0.400. The van der Waals surface area contributed by atoms with Gasteiger partial charge in [-0.15, -0.1) is 0 Å². The van der Waals surface area contributed by atoms with E-state index in [0.717, 1.165) is 18.8 Å². The summed E-state index contributed by atoms with van der Waals surface area (Å²) >= 11 is 0. The minimum atomic E-state index is -0.929. The molecule has 7 heteroatoms. The number of hydrogen-bond acceptors (Lipinski definition) is 6. The first-order valence-electron chi connectivity index (χ1n) is 7.13. The Hall–Kier alpha value is -2.43. The highest BCUT2D eigenvalue weighted by Gasteiger charge is 2.39. The number of aromatic nitrogens is 3. The number of likely N-dealkylation sites (tertiary alicyclic amines) is 1. The van der Waals surface area contributed by atoms with E-state index in [1.165, 1.54) is 0 Å². The van der Waals surface area contributed by atoms with Gasteiger partial charge in [-0.3, -0.25) is 4.90 Å². The lowest BCUT2D eigenvalue weighted by Gasteiger charge is -2.21. The normalized spacial score (nSPS) is 21.6. The van der Waals surface area contributed by atoms with Gasteiger partial charge in [0.2, 0.25) is 0 Å². The molecule has 0 radical (unpaired) electrons. The molecule has 7 nitrogen and oxygen atoms in total. The lowest BCUT2D eigenvalue weighted by Crippen LogP contribution is -2.33. The summed E-state index contributed by atoms with van der Waals surface area (Å²) in [6.45, 7) is 2.57. The zero-order valence-corrected chi connectivity index (χ0v) is 12.1. The summed E-state index contributed by atoms with van der Waals surface area (Å²) < 4.78 is 5.66. The number of aliphatic hydroxyl groups is 1. The zero-order valence-electron chi connectivity index (χ0n) is 12.1. The first-order valence-corrected chi connectivity index (χ1v) is 7.13. The highest BCUT2D eigenvalue weighted by molar-refractivity contribution is 5.34. The highest BCUT2D eigenvalue weighted by atomic mass is 16.5. The van der Waals surface area contributed by atoms with Gasteiger partial charge in [0.15, 0.2) is 0 Å². The number of ether oxygens (including phenoxy) is 1. The van der Waals surface area contributed by atoms with Crippen LogP contribution in [0.25, 0.3) is 0 Å². The fourth-order valence-corrected chi connectivity index (χ4v) is 2.62. The minimum absolute atomic E-state index is 0.524. The molecule has 1 atom stereocenters. The molecule has 1 aliphatic rings. The molecule has 1 fully saturated rings. The predicted octanol–water partition coefficient (Wildman–Crippen LogP) is 0.649. The van der Waals surface area contributed by atoms with Crippen LogP contribution in [-0.4, -0.2) is 51.7 Å². The molecule has 114 valence electrons. The summed E-state index contributed by atoms with van der Waals surface area (Å²) in [6.07, 6.45) is 2.20. The van der Waals surface area contributed by atoms with Crippen molar-refractivity contribution in [1.29, 1.82) is 5.26 Å². The number of nitrogens with zero attached hydrogens (tertiary/aromatic N) is 4. The molecule has 2 N–H and O–H groups in total. The molecular formula is C15H17N5O2. The summed E-state index contributed by atoms with van der Waals surface area (Å²) in [7, 11) is 0. The van der Waals surface area contributed by atoms with E-state index in [2.05, 4.69) is 26.4 Å². The summed E-state index contributed by atoms with van der Waals surface area (Å²) in [5.74, 6) is 0.741. The number of hydrogen-bond donors (Lipinski definition) is 2. The Labute approximate surface area is 128 Å². The second kappa shape index (κ2) is 6.13. The van der Waals surface area contributed by atoms with E-state index in [-0.39, 0.29) is 0 Å². The fourth-order valence-electron chi connectivity index (χ4n) is 2.62. The monoisotopic (exact) mass is 299 g/mol. The van der Waals surface area contributed by atoms with Crippen molar-refractivity contribution in [3.63, 3.8) is 0 Å². The van der Waals surface area contributed by atoms with E-state index in [0.29, 0.717) is 30.8 Å². The molecule has 2 aromatic rings. The van der Waals surface area contributed by atoms with Crippen LogP contribution < -0.4 is 4.74 Å². The Morgan fingerprint density at radius 2 is 2.23 bits per heavy atom.